The minimum atomic E-state index is 0.0269. The van der Waals surface area contributed by atoms with E-state index in [1.54, 1.807) is 0 Å². The van der Waals surface area contributed by atoms with Gasteiger partial charge in [-0.05, 0) is 43.2 Å². The third-order valence-electron chi connectivity index (χ3n) is 7.00. The Bertz CT molecular complexity index is 722. The maximum Gasteiger partial charge on any atom is 0.238 e. The summed E-state index contributed by atoms with van der Waals surface area (Å²) in [6, 6.07) is 6.35. The molecule has 0 spiro atoms. The molecule has 0 unspecified atom stereocenters. The first kappa shape index (κ1) is 22.8. The molecular formula is C24H38N4O2. The van der Waals surface area contributed by atoms with E-state index in [1.165, 1.54) is 12.8 Å². The summed E-state index contributed by atoms with van der Waals surface area (Å²) in [5.74, 6) is 1.40. The Labute approximate surface area is 181 Å². The highest BCUT2D eigenvalue weighted by atomic mass is 16.2. The molecule has 1 saturated heterocycles. The van der Waals surface area contributed by atoms with Crippen LogP contribution in [0.1, 0.15) is 44.2 Å². The number of carbonyl (C=O) groups excluding carboxylic acids is 2. The molecule has 3 rings (SSSR count). The highest BCUT2D eigenvalue weighted by Crippen LogP contribution is 2.29. The van der Waals surface area contributed by atoms with Crippen LogP contribution < -0.4 is 10.6 Å². The Kier molecular flexibility index (Phi) is 7.89. The molecule has 3 atom stereocenters. The lowest BCUT2D eigenvalue weighted by atomic mass is 9.78. The molecule has 166 valence electrons. The fraction of sp³-hybridized carbons (Fsp3) is 0.667. The lowest BCUT2D eigenvalue weighted by molar-refractivity contribution is -0.124. The van der Waals surface area contributed by atoms with E-state index in [2.05, 4.69) is 34.3 Å². The summed E-state index contributed by atoms with van der Waals surface area (Å²) in [6.45, 7) is 12.7. The second-order valence-corrected chi connectivity index (χ2v) is 9.31. The predicted octanol–water partition coefficient (Wildman–Crippen LogP) is 2.80. The molecule has 0 radical (unpaired) electrons. The van der Waals surface area contributed by atoms with E-state index in [4.69, 9.17) is 0 Å². The number of benzene rings is 1. The van der Waals surface area contributed by atoms with Crippen LogP contribution >= 0.6 is 0 Å². The molecule has 1 aliphatic carbocycles. The van der Waals surface area contributed by atoms with Crippen molar-refractivity contribution in [3.63, 3.8) is 0 Å². The van der Waals surface area contributed by atoms with Gasteiger partial charge in [0.2, 0.25) is 11.8 Å². The zero-order chi connectivity index (χ0) is 21.7. The summed E-state index contributed by atoms with van der Waals surface area (Å²) < 4.78 is 0. The first-order chi connectivity index (χ1) is 14.3. The number of nitrogens with zero attached hydrogens (tertiary/aromatic N) is 2. The van der Waals surface area contributed by atoms with Gasteiger partial charge in [0.1, 0.15) is 0 Å². The summed E-state index contributed by atoms with van der Waals surface area (Å²) in [6.07, 6.45) is 3.58. The third-order valence-corrected chi connectivity index (χ3v) is 7.00. The summed E-state index contributed by atoms with van der Waals surface area (Å²) in [5.41, 5.74) is 3.09. The fourth-order valence-corrected chi connectivity index (χ4v) is 4.74. The normalized spacial score (nSPS) is 25.7. The molecule has 1 aliphatic heterocycles. The topological polar surface area (TPSA) is 64.7 Å². The maximum absolute atomic E-state index is 12.5. The largest absolute Gasteiger partial charge is 0.352 e. The van der Waals surface area contributed by atoms with Gasteiger partial charge in [0.05, 0.1) is 13.1 Å². The molecule has 6 heteroatoms. The van der Waals surface area contributed by atoms with Gasteiger partial charge in [-0.25, -0.2) is 0 Å². The van der Waals surface area contributed by atoms with Crippen molar-refractivity contribution < 1.29 is 9.59 Å². The van der Waals surface area contributed by atoms with Crippen LogP contribution in [0.3, 0.4) is 0 Å². The van der Waals surface area contributed by atoms with E-state index in [9.17, 15) is 9.59 Å². The second-order valence-electron chi connectivity index (χ2n) is 9.31. The Balaban J connectivity index is 1.39. The molecule has 2 amide bonds. The first-order valence-electron chi connectivity index (χ1n) is 11.4. The molecule has 0 bridgehead atoms. The number of aryl methyl sites for hydroxylation is 2. The highest BCUT2D eigenvalue weighted by Gasteiger charge is 2.29. The van der Waals surface area contributed by atoms with Crippen LogP contribution in [0.4, 0.5) is 5.69 Å². The van der Waals surface area contributed by atoms with Crippen molar-refractivity contribution in [3.05, 3.63) is 29.3 Å². The SMILES string of the molecule is Cc1cccc(C)c1NC(=O)CN1CCN(CC(=O)N[C@@H]2CCC[C@H](C)[C@H]2C)CC1. The summed E-state index contributed by atoms with van der Waals surface area (Å²) in [4.78, 5) is 29.4. The van der Waals surface area contributed by atoms with E-state index in [1.807, 2.05) is 32.0 Å². The number of para-hydroxylation sites is 1. The van der Waals surface area contributed by atoms with Crippen molar-refractivity contribution in [1.82, 2.24) is 15.1 Å². The molecule has 1 aromatic rings. The molecule has 2 N–H and O–H groups in total. The molecule has 1 saturated carbocycles. The van der Waals surface area contributed by atoms with Crippen molar-refractivity contribution in [3.8, 4) is 0 Å². The van der Waals surface area contributed by atoms with E-state index >= 15 is 0 Å². The van der Waals surface area contributed by atoms with Crippen LogP contribution in [0, 0.1) is 25.7 Å². The number of amides is 2. The zero-order valence-electron chi connectivity index (χ0n) is 19.0. The van der Waals surface area contributed by atoms with Gasteiger partial charge in [-0.3, -0.25) is 19.4 Å². The van der Waals surface area contributed by atoms with Gasteiger partial charge >= 0.3 is 0 Å². The summed E-state index contributed by atoms with van der Waals surface area (Å²) in [7, 11) is 0. The molecule has 2 fully saturated rings. The van der Waals surface area contributed by atoms with E-state index < -0.39 is 0 Å². The smallest absolute Gasteiger partial charge is 0.238 e. The van der Waals surface area contributed by atoms with Crippen molar-refractivity contribution in [2.24, 2.45) is 11.8 Å². The number of hydrogen-bond donors (Lipinski definition) is 2. The van der Waals surface area contributed by atoms with E-state index in [0.29, 0.717) is 31.0 Å². The van der Waals surface area contributed by atoms with Crippen molar-refractivity contribution in [1.29, 1.82) is 0 Å². The van der Waals surface area contributed by atoms with Crippen LogP contribution in [0.15, 0.2) is 18.2 Å². The van der Waals surface area contributed by atoms with Gasteiger partial charge in [0, 0.05) is 37.9 Å². The van der Waals surface area contributed by atoms with Gasteiger partial charge in [-0.1, -0.05) is 44.9 Å². The van der Waals surface area contributed by atoms with Crippen LogP contribution in [0.25, 0.3) is 0 Å². The molecule has 30 heavy (non-hydrogen) atoms. The van der Waals surface area contributed by atoms with Crippen LogP contribution in [0.2, 0.25) is 0 Å². The quantitative estimate of drug-likeness (QED) is 0.751. The lowest BCUT2D eigenvalue weighted by Gasteiger charge is -2.36. The Hall–Kier alpha value is -1.92. The second kappa shape index (κ2) is 10.4. The molecular weight excluding hydrogens is 376 g/mol. The highest BCUT2D eigenvalue weighted by molar-refractivity contribution is 5.93. The van der Waals surface area contributed by atoms with Gasteiger partial charge in [0.25, 0.3) is 0 Å². The predicted molar refractivity (Wildman–Crippen MR) is 122 cm³/mol. The molecule has 6 nitrogen and oxygen atoms in total. The van der Waals surface area contributed by atoms with Gasteiger partial charge in [0.15, 0.2) is 0 Å². The first-order valence-corrected chi connectivity index (χ1v) is 11.4. The minimum Gasteiger partial charge on any atom is -0.352 e. The van der Waals surface area contributed by atoms with E-state index in [0.717, 1.165) is 49.4 Å². The Morgan fingerprint density at radius 3 is 2.10 bits per heavy atom. The average molecular weight is 415 g/mol. The standard InChI is InChI=1S/C24H38N4O2/c1-17-7-6-10-21(20(17)4)25-22(29)15-27-11-13-28(14-12-27)16-23(30)26-24-18(2)8-5-9-19(24)3/h5,8-9,17,20-21H,6-7,10-16H2,1-4H3,(H,25,29)(H,26,30)/t17-,20+,21+/m0/s1. The number of nitrogens with one attached hydrogen (secondary N) is 2. The number of carbonyl (C=O) groups is 2. The Morgan fingerprint density at radius 2 is 1.50 bits per heavy atom. The number of hydrogen-bond acceptors (Lipinski definition) is 4. The van der Waals surface area contributed by atoms with Gasteiger partial charge in [-0.15, -0.1) is 0 Å². The van der Waals surface area contributed by atoms with Gasteiger partial charge < -0.3 is 10.6 Å². The number of piperazine rings is 1. The fourth-order valence-electron chi connectivity index (χ4n) is 4.74. The third kappa shape index (κ3) is 6.05. The van der Waals surface area contributed by atoms with Crippen LogP contribution in [-0.4, -0.2) is 66.9 Å². The molecule has 1 aromatic carbocycles. The number of anilines is 1. The van der Waals surface area contributed by atoms with Crippen LogP contribution in [-0.2, 0) is 9.59 Å². The van der Waals surface area contributed by atoms with Crippen molar-refractivity contribution in [2.75, 3.05) is 44.6 Å². The number of rotatable bonds is 6. The average Bonchev–Trinajstić information content (AvgIpc) is 2.70. The Morgan fingerprint density at radius 1 is 0.933 bits per heavy atom. The summed E-state index contributed by atoms with van der Waals surface area (Å²) >= 11 is 0. The summed E-state index contributed by atoms with van der Waals surface area (Å²) in [5, 5.41) is 6.33. The lowest BCUT2D eigenvalue weighted by Crippen LogP contribution is -2.52. The van der Waals surface area contributed by atoms with Crippen LogP contribution in [0.5, 0.6) is 0 Å². The molecule has 0 aromatic heterocycles. The maximum atomic E-state index is 12.5. The van der Waals surface area contributed by atoms with Crippen molar-refractivity contribution >= 4 is 17.5 Å². The van der Waals surface area contributed by atoms with Gasteiger partial charge in [-0.2, -0.15) is 0 Å². The zero-order valence-corrected chi connectivity index (χ0v) is 19.0. The minimum absolute atomic E-state index is 0.0269. The monoisotopic (exact) mass is 414 g/mol. The molecule has 1 heterocycles. The van der Waals surface area contributed by atoms with Crippen molar-refractivity contribution in [2.45, 2.75) is 53.0 Å². The molecule has 2 aliphatic rings. The van der Waals surface area contributed by atoms with E-state index in [-0.39, 0.29) is 11.8 Å².